The van der Waals surface area contributed by atoms with Crippen LogP contribution in [0.5, 0.6) is 0 Å². The predicted octanol–water partition coefficient (Wildman–Crippen LogP) is 3.87. The Labute approximate surface area is 158 Å². The second kappa shape index (κ2) is 5.49. The maximum atomic E-state index is 13.0. The molecule has 1 spiro atoms. The molecule has 0 aliphatic carbocycles. The number of thioether (sulfide) groups is 1. The molecule has 0 bridgehead atoms. The topological polar surface area (TPSA) is 49.4 Å². The van der Waals surface area contributed by atoms with Crippen molar-refractivity contribution in [3.05, 3.63) is 57.2 Å². The van der Waals surface area contributed by atoms with E-state index in [1.165, 1.54) is 11.8 Å². The lowest BCUT2D eigenvalue weighted by Crippen LogP contribution is -2.47. The Bertz CT molecular complexity index is 868. The van der Waals surface area contributed by atoms with Gasteiger partial charge in [0.1, 0.15) is 0 Å². The minimum Gasteiger partial charge on any atom is -0.323 e. The number of nitrogens with one attached hydrogen (secondary N) is 1. The van der Waals surface area contributed by atoms with Gasteiger partial charge < -0.3 is 5.32 Å². The third-order valence-corrected chi connectivity index (χ3v) is 6.61. The quantitative estimate of drug-likeness (QED) is 0.672. The number of anilines is 2. The van der Waals surface area contributed by atoms with Crippen molar-refractivity contribution in [3.63, 3.8) is 0 Å². The van der Waals surface area contributed by atoms with Crippen LogP contribution in [-0.4, -0.2) is 17.1 Å². The number of carbonyl (C=O) groups excluding carboxylic acids is 2. The molecule has 2 amide bonds. The van der Waals surface area contributed by atoms with Crippen LogP contribution in [0.1, 0.15) is 18.1 Å². The summed E-state index contributed by atoms with van der Waals surface area (Å²) in [6, 6.07) is 13.6. The zero-order valence-electron chi connectivity index (χ0n) is 13.2. The molecule has 2 aromatic carbocycles. The third-order valence-electron chi connectivity index (χ3n) is 4.41. The Morgan fingerprint density at radius 1 is 1.17 bits per heavy atom. The maximum absolute atomic E-state index is 13.0. The number of hydrogen-bond acceptors (Lipinski definition) is 3. The molecule has 2 heterocycles. The maximum Gasteiger partial charge on any atom is 0.266 e. The Morgan fingerprint density at radius 3 is 2.58 bits per heavy atom. The molecule has 1 saturated heterocycles. The summed E-state index contributed by atoms with van der Waals surface area (Å²) in [4.78, 5) is 26.5. The van der Waals surface area contributed by atoms with Crippen molar-refractivity contribution in [3.8, 4) is 0 Å². The van der Waals surface area contributed by atoms with Gasteiger partial charge >= 0.3 is 0 Å². The Morgan fingerprint density at radius 2 is 1.88 bits per heavy atom. The van der Waals surface area contributed by atoms with Gasteiger partial charge in [-0.05, 0) is 66.8 Å². The van der Waals surface area contributed by atoms with Crippen LogP contribution in [-0.2, 0) is 14.5 Å². The SMILES string of the molecule is Cc1ccc2c(c1)C1(SC(C)C(=O)N1c1ccc(I)cc1)C(=O)N2. The summed E-state index contributed by atoms with van der Waals surface area (Å²) in [5, 5.41) is 2.68. The summed E-state index contributed by atoms with van der Waals surface area (Å²) in [7, 11) is 0. The smallest absolute Gasteiger partial charge is 0.266 e. The molecule has 0 radical (unpaired) electrons. The molecule has 1 N–H and O–H groups in total. The molecule has 2 aliphatic rings. The van der Waals surface area contributed by atoms with E-state index in [1.807, 2.05) is 56.3 Å². The number of nitrogens with zero attached hydrogens (tertiary/aromatic N) is 1. The normalized spacial score (nSPS) is 25.3. The second-order valence-electron chi connectivity index (χ2n) is 6.06. The van der Waals surface area contributed by atoms with Crippen molar-refractivity contribution in [1.29, 1.82) is 0 Å². The van der Waals surface area contributed by atoms with Crippen LogP contribution in [0.25, 0.3) is 0 Å². The minimum absolute atomic E-state index is 0.0364. The standard InChI is InChI=1S/C18H15IN2O2S/c1-10-3-8-15-14(9-10)18(17(23)20-15)21(16(22)11(2)24-18)13-6-4-12(19)5-7-13/h3-9,11H,1-2H3,(H,20,23). The molecule has 2 atom stereocenters. The van der Waals surface area contributed by atoms with Crippen LogP contribution in [0.15, 0.2) is 42.5 Å². The summed E-state index contributed by atoms with van der Waals surface area (Å²) in [5.74, 6) is -0.185. The minimum atomic E-state index is -1.02. The fourth-order valence-corrected chi connectivity index (χ4v) is 5.14. The molecule has 6 heteroatoms. The first-order chi connectivity index (χ1) is 11.4. The predicted molar refractivity (Wildman–Crippen MR) is 105 cm³/mol. The van der Waals surface area contributed by atoms with E-state index >= 15 is 0 Å². The molecule has 24 heavy (non-hydrogen) atoms. The molecule has 2 aliphatic heterocycles. The Hall–Kier alpha value is -1.54. The van der Waals surface area contributed by atoms with E-state index in [2.05, 4.69) is 27.9 Å². The van der Waals surface area contributed by atoms with Crippen LogP contribution in [0.4, 0.5) is 11.4 Å². The fraction of sp³-hybridized carbons (Fsp3) is 0.222. The highest BCUT2D eigenvalue weighted by molar-refractivity contribution is 14.1. The van der Waals surface area contributed by atoms with E-state index in [4.69, 9.17) is 0 Å². The number of hydrogen-bond donors (Lipinski definition) is 1. The molecule has 122 valence electrons. The lowest BCUT2D eigenvalue weighted by molar-refractivity contribution is -0.122. The van der Waals surface area contributed by atoms with Gasteiger partial charge in [-0.1, -0.05) is 17.7 Å². The van der Waals surface area contributed by atoms with Crippen LogP contribution in [0.3, 0.4) is 0 Å². The molecule has 4 nitrogen and oxygen atoms in total. The molecule has 2 aromatic rings. The average Bonchev–Trinajstić information content (AvgIpc) is 2.97. The second-order valence-corrected chi connectivity index (χ2v) is 8.84. The molecular weight excluding hydrogens is 435 g/mol. The summed E-state index contributed by atoms with van der Waals surface area (Å²) in [6.07, 6.45) is 0. The van der Waals surface area contributed by atoms with Gasteiger partial charge in [-0.15, -0.1) is 11.8 Å². The third kappa shape index (κ3) is 2.12. The van der Waals surface area contributed by atoms with E-state index < -0.39 is 4.87 Å². The first kappa shape index (κ1) is 16.0. The van der Waals surface area contributed by atoms with Gasteiger partial charge in [-0.3, -0.25) is 14.5 Å². The Kier molecular flexibility index (Phi) is 3.65. The number of fused-ring (bicyclic) bond motifs is 2. The van der Waals surface area contributed by atoms with Gasteiger partial charge in [0.15, 0.2) is 0 Å². The van der Waals surface area contributed by atoms with E-state index in [9.17, 15) is 9.59 Å². The number of carbonyl (C=O) groups is 2. The highest BCUT2D eigenvalue weighted by atomic mass is 127. The zero-order chi connectivity index (χ0) is 17.1. The van der Waals surface area contributed by atoms with Gasteiger partial charge in [-0.2, -0.15) is 0 Å². The van der Waals surface area contributed by atoms with Crippen molar-refractivity contribution < 1.29 is 9.59 Å². The van der Waals surface area contributed by atoms with Gasteiger partial charge in [0.2, 0.25) is 10.8 Å². The van der Waals surface area contributed by atoms with E-state index in [0.717, 1.165) is 26.1 Å². The summed E-state index contributed by atoms with van der Waals surface area (Å²) in [5.41, 5.74) is 3.48. The van der Waals surface area contributed by atoms with Crippen LogP contribution < -0.4 is 10.2 Å². The molecule has 4 rings (SSSR count). The molecule has 0 saturated carbocycles. The first-order valence-corrected chi connectivity index (χ1v) is 9.59. The Balaban J connectivity index is 1.95. The monoisotopic (exact) mass is 450 g/mol. The lowest BCUT2D eigenvalue weighted by atomic mass is 10.0. The van der Waals surface area contributed by atoms with Crippen molar-refractivity contribution in [2.24, 2.45) is 0 Å². The summed E-state index contributed by atoms with van der Waals surface area (Å²) >= 11 is 3.64. The fourth-order valence-electron chi connectivity index (χ4n) is 3.31. The van der Waals surface area contributed by atoms with E-state index in [0.29, 0.717) is 0 Å². The van der Waals surface area contributed by atoms with Crippen molar-refractivity contribution in [1.82, 2.24) is 0 Å². The molecular formula is C18H15IN2O2S. The number of amides is 2. The van der Waals surface area contributed by atoms with Gasteiger partial charge in [0.25, 0.3) is 5.91 Å². The van der Waals surface area contributed by atoms with Crippen molar-refractivity contribution >= 4 is 57.5 Å². The highest BCUT2D eigenvalue weighted by Crippen LogP contribution is 2.56. The lowest BCUT2D eigenvalue weighted by Gasteiger charge is -2.32. The number of rotatable bonds is 1. The summed E-state index contributed by atoms with van der Waals surface area (Å²) in [6.45, 7) is 3.86. The largest absolute Gasteiger partial charge is 0.323 e. The molecule has 0 aromatic heterocycles. The number of aryl methyl sites for hydroxylation is 1. The zero-order valence-corrected chi connectivity index (χ0v) is 16.1. The van der Waals surface area contributed by atoms with Crippen molar-refractivity contribution in [2.75, 3.05) is 10.2 Å². The van der Waals surface area contributed by atoms with Gasteiger partial charge in [-0.25, -0.2) is 0 Å². The first-order valence-electron chi connectivity index (χ1n) is 7.63. The van der Waals surface area contributed by atoms with Crippen molar-refractivity contribution in [2.45, 2.75) is 24.0 Å². The highest BCUT2D eigenvalue weighted by Gasteiger charge is 2.60. The number of benzene rings is 2. The van der Waals surface area contributed by atoms with Crippen LogP contribution >= 0.6 is 34.4 Å². The van der Waals surface area contributed by atoms with Crippen LogP contribution in [0.2, 0.25) is 0 Å². The average molecular weight is 450 g/mol. The number of halogens is 1. The van der Waals surface area contributed by atoms with Gasteiger partial charge in [0, 0.05) is 20.5 Å². The van der Waals surface area contributed by atoms with Gasteiger partial charge in [0.05, 0.1) is 5.25 Å². The van der Waals surface area contributed by atoms with E-state index in [-0.39, 0.29) is 17.1 Å². The van der Waals surface area contributed by atoms with Crippen LogP contribution in [0, 0.1) is 10.5 Å². The van der Waals surface area contributed by atoms with E-state index in [1.54, 1.807) is 4.90 Å². The molecule has 1 fully saturated rings. The molecule has 2 unspecified atom stereocenters. The summed E-state index contributed by atoms with van der Waals surface area (Å²) < 4.78 is 1.09.